The molecular weight excluding hydrogens is 535 g/mol. The van der Waals surface area contributed by atoms with E-state index in [2.05, 4.69) is 51.3 Å². The van der Waals surface area contributed by atoms with Gasteiger partial charge in [-0.2, -0.15) is 5.26 Å². The van der Waals surface area contributed by atoms with Crippen molar-refractivity contribution in [3.63, 3.8) is 0 Å². The average Bonchev–Trinajstić information content (AvgIpc) is 2.49. The first-order valence-corrected chi connectivity index (χ1v) is 9.47. The number of rotatable bonds is 4. The SMILES string of the molecule is CC(C)Oc1c(I)cc(/C=C(/C#N)c2ccc(Cl)cc2)cc1I. The fraction of sp³-hybridized carbons (Fsp3) is 0.167. The maximum absolute atomic E-state index is 9.44. The van der Waals surface area contributed by atoms with Crippen molar-refractivity contribution in [2.45, 2.75) is 20.0 Å². The summed E-state index contributed by atoms with van der Waals surface area (Å²) in [4.78, 5) is 0. The average molecular weight is 550 g/mol. The van der Waals surface area contributed by atoms with Gasteiger partial charge in [-0.1, -0.05) is 23.7 Å². The highest BCUT2D eigenvalue weighted by molar-refractivity contribution is 14.1. The van der Waals surface area contributed by atoms with Gasteiger partial charge in [-0.3, -0.25) is 0 Å². The Kier molecular flexibility index (Phi) is 6.74. The third-order valence-electron chi connectivity index (χ3n) is 2.96. The quantitative estimate of drug-likeness (QED) is 0.251. The van der Waals surface area contributed by atoms with Gasteiger partial charge in [-0.25, -0.2) is 0 Å². The Morgan fingerprint density at radius 1 is 1.17 bits per heavy atom. The first kappa shape index (κ1) is 18.6. The molecule has 0 amide bonds. The van der Waals surface area contributed by atoms with Gasteiger partial charge in [-0.15, -0.1) is 0 Å². The van der Waals surface area contributed by atoms with Crippen molar-refractivity contribution in [3.05, 3.63) is 59.7 Å². The van der Waals surface area contributed by atoms with E-state index in [1.165, 1.54) is 0 Å². The van der Waals surface area contributed by atoms with E-state index in [4.69, 9.17) is 16.3 Å². The van der Waals surface area contributed by atoms with Crippen molar-refractivity contribution < 1.29 is 4.74 Å². The lowest BCUT2D eigenvalue weighted by Gasteiger charge is -2.14. The predicted molar refractivity (Wildman–Crippen MR) is 113 cm³/mol. The van der Waals surface area contributed by atoms with Crippen LogP contribution in [0.15, 0.2) is 36.4 Å². The summed E-state index contributed by atoms with van der Waals surface area (Å²) in [7, 11) is 0. The maximum atomic E-state index is 9.44. The number of halogens is 3. The lowest BCUT2D eigenvalue weighted by Crippen LogP contribution is -2.08. The van der Waals surface area contributed by atoms with Gasteiger partial charge in [-0.05, 0) is 100 Å². The second-order valence-corrected chi connectivity index (χ2v) is 7.92. The molecule has 2 aromatic carbocycles. The Morgan fingerprint density at radius 2 is 1.74 bits per heavy atom. The van der Waals surface area contributed by atoms with Crippen LogP contribution in [0.3, 0.4) is 0 Å². The smallest absolute Gasteiger partial charge is 0.146 e. The van der Waals surface area contributed by atoms with Gasteiger partial charge in [0.25, 0.3) is 0 Å². The summed E-state index contributed by atoms with van der Waals surface area (Å²) in [5.74, 6) is 0.892. The molecule has 2 aromatic rings. The molecular formula is C18H14ClI2NO. The van der Waals surface area contributed by atoms with Crippen molar-refractivity contribution in [1.82, 2.24) is 0 Å². The lowest BCUT2D eigenvalue weighted by atomic mass is 10.0. The van der Waals surface area contributed by atoms with Gasteiger partial charge in [0.1, 0.15) is 5.75 Å². The molecule has 0 saturated heterocycles. The predicted octanol–water partition coefficient (Wildman–Crippen LogP) is 6.40. The van der Waals surface area contributed by atoms with Crippen LogP contribution >= 0.6 is 56.8 Å². The Balaban J connectivity index is 2.41. The topological polar surface area (TPSA) is 33.0 Å². The van der Waals surface area contributed by atoms with Gasteiger partial charge >= 0.3 is 0 Å². The molecule has 0 N–H and O–H groups in total. The standard InChI is InChI=1S/C18H14ClI2NO/c1-11(2)23-18-16(20)8-12(9-17(18)21)7-14(10-22)13-3-5-15(19)6-4-13/h3-9,11H,1-2H3/b14-7-. The molecule has 0 aromatic heterocycles. The van der Waals surface area contributed by atoms with Crippen LogP contribution in [0.2, 0.25) is 5.02 Å². The van der Waals surface area contributed by atoms with Gasteiger partial charge in [0.05, 0.1) is 24.9 Å². The van der Waals surface area contributed by atoms with Gasteiger partial charge in [0.15, 0.2) is 0 Å². The van der Waals surface area contributed by atoms with Crippen molar-refractivity contribution >= 4 is 68.4 Å². The summed E-state index contributed by atoms with van der Waals surface area (Å²) < 4.78 is 7.91. The largest absolute Gasteiger partial charge is 0.489 e. The Labute approximate surface area is 168 Å². The molecule has 0 aliphatic rings. The van der Waals surface area contributed by atoms with Gasteiger partial charge in [0.2, 0.25) is 0 Å². The van der Waals surface area contributed by atoms with Crippen molar-refractivity contribution in [2.24, 2.45) is 0 Å². The third-order valence-corrected chi connectivity index (χ3v) is 4.82. The van der Waals surface area contributed by atoms with E-state index < -0.39 is 0 Å². The molecule has 0 unspecified atom stereocenters. The molecule has 0 aliphatic heterocycles. The summed E-state index contributed by atoms with van der Waals surface area (Å²) in [5.41, 5.74) is 2.43. The molecule has 23 heavy (non-hydrogen) atoms. The van der Waals surface area contributed by atoms with Crippen LogP contribution in [-0.4, -0.2) is 6.10 Å². The second kappa shape index (κ2) is 8.36. The molecule has 2 rings (SSSR count). The Bertz CT molecular complexity index is 754. The number of hydrogen-bond acceptors (Lipinski definition) is 2. The zero-order valence-corrected chi connectivity index (χ0v) is 17.7. The zero-order valence-electron chi connectivity index (χ0n) is 12.6. The summed E-state index contributed by atoms with van der Waals surface area (Å²) in [6, 6.07) is 13.6. The minimum absolute atomic E-state index is 0.127. The number of hydrogen-bond donors (Lipinski definition) is 0. The van der Waals surface area contributed by atoms with E-state index in [1.807, 2.05) is 44.2 Å². The molecule has 0 heterocycles. The van der Waals surface area contributed by atoms with Crippen molar-refractivity contribution in [2.75, 3.05) is 0 Å². The van der Waals surface area contributed by atoms with Crippen LogP contribution in [0.4, 0.5) is 0 Å². The number of allylic oxidation sites excluding steroid dienone is 1. The summed E-state index contributed by atoms with van der Waals surface area (Å²) in [6.45, 7) is 4.02. The Hall–Kier alpha value is -0.780. The molecule has 0 atom stereocenters. The van der Waals surface area contributed by atoms with Crippen molar-refractivity contribution in [3.8, 4) is 11.8 Å². The van der Waals surface area contributed by atoms with E-state index in [-0.39, 0.29) is 6.10 Å². The minimum Gasteiger partial charge on any atom is -0.489 e. The van der Waals surface area contributed by atoms with Crippen molar-refractivity contribution in [1.29, 1.82) is 5.26 Å². The highest BCUT2D eigenvalue weighted by Crippen LogP contribution is 2.31. The van der Waals surface area contributed by atoms with Crippen LogP contribution in [0.25, 0.3) is 11.6 Å². The maximum Gasteiger partial charge on any atom is 0.146 e. The second-order valence-electron chi connectivity index (χ2n) is 5.16. The molecule has 0 radical (unpaired) electrons. The fourth-order valence-electron chi connectivity index (χ4n) is 1.99. The minimum atomic E-state index is 0.127. The number of nitrogens with zero attached hydrogens (tertiary/aromatic N) is 1. The molecule has 0 bridgehead atoms. The fourth-order valence-corrected chi connectivity index (χ4v) is 4.18. The number of benzene rings is 2. The highest BCUT2D eigenvalue weighted by atomic mass is 127. The van der Waals surface area contributed by atoms with Crippen LogP contribution in [-0.2, 0) is 0 Å². The van der Waals surface area contributed by atoms with E-state index in [1.54, 1.807) is 12.1 Å². The zero-order chi connectivity index (χ0) is 17.0. The van der Waals surface area contributed by atoms with Crippen LogP contribution in [0, 0.1) is 18.5 Å². The monoisotopic (exact) mass is 549 g/mol. The van der Waals surface area contributed by atoms with Gasteiger partial charge < -0.3 is 4.74 Å². The first-order valence-electron chi connectivity index (χ1n) is 6.94. The van der Waals surface area contributed by atoms with Gasteiger partial charge in [0, 0.05) is 5.02 Å². The highest BCUT2D eigenvalue weighted by Gasteiger charge is 2.10. The van der Waals surface area contributed by atoms with Crippen LogP contribution < -0.4 is 4.74 Å². The van der Waals surface area contributed by atoms with Crippen LogP contribution in [0.1, 0.15) is 25.0 Å². The summed E-state index contributed by atoms with van der Waals surface area (Å²) in [5, 5.41) is 10.1. The summed E-state index contributed by atoms with van der Waals surface area (Å²) >= 11 is 10.4. The number of ether oxygens (including phenoxy) is 1. The molecule has 118 valence electrons. The Morgan fingerprint density at radius 3 is 2.22 bits per heavy atom. The van der Waals surface area contributed by atoms with E-state index >= 15 is 0 Å². The lowest BCUT2D eigenvalue weighted by molar-refractivity contribution is 0.239. The molecule has 2 nitrogen and oxygen atoms in total. The van der Waals surface area contributed by atoms with E-state index in [0.717, 1.165) is 24.0 Å². The van der Waals surface area contributed by atoms with E-state index in [9.17, 15) is 5.26 Å². The molecule has 0 aliphatic carbocycles. The third kappa shape index (κ3) is 5.10. The first-order chi connectivity index (χ1) is 10.9. The molecule has 0 fully saturated rings. The van der Waals surface area contributed by atoms with E-state index in [0.29, 0.717) is 10.6 Å². The molecule has 0 saturated carbocycles. The van der Waals surface area contributed by atoms with Crippen LogP contribution in [0.5, 0.6) is 5.75 Å². The molecule has 0 spiro atoms. The summed E-state index contributed by atoms with van der Waals surface area (Å²) in [6.07, 6.45) is 2.01. The normalized spacial score (nSPS) is 11.4. The number of nitriles is 1. The molecule has 5 heteroatoms.